The molecule has 0 bridgehead atoms. The third-order valence-corrected chi connectivity index (χ3v) is 5.88. The highest BCUT2D eigenvalue weighted by atomic mass is 19.3. The van der Waals surface area contributed by atoms with E-state index in [1.165, 1.54) is 25.0 Å². The topological polar surface area (TPSA) is 9.23 Å². The van der Waals surface area contributed by atoms with E-state index in [1.54, 1.807) is 12.1 Å². The number of allylic oxidation sites excluding steroid dienone is 1. The average Bonchev–Trinajstić information content (AvgIpc) is 2.57. The minimum absolute atomic E-state index is 0.0688. The van der Waals surface area contributed by atoms with Gasteiger partial charge in [-0.1, -0.05) is 37.5 Å². The zero-order valence-corrected chi connectivity index (χ0v) is 15.0. The van der Waals surface area contributed by atoms with Crippen LogP contribution in [0, 0.1) is 24.7 Å². The van der Waals surface area contributed by atoms with Crippen molar-refractivity contribution in [2.24, 2.45) is 17.8 Å². The Morgan fingerprint density at radius 3 is 2.20 bits per heavy atom. The highest BCUT2D eigenvalue weighted by Crippen LogP contribution is 2.45. The van der Waals surface area contributed by atoms with E-state index in [1.807, 2.05) is 6.92 Å². The number of ether oxygens (including phenoxy) is 1. The summed E-state index contributed by atoms with van der Waals surface area (Å²) in [5.74, 6) is 0.830. The molecule has 1 unspecified atom stereocenters. The fourth-order valence-corrected chi connectivity index (χ4v) is 4.20. The van der Waals surface area contributed by atoms with Crippen molar-refractivity contribution in [1.82, 2.24) is 0 Å². The molecule has 1 aromatic carbocycles. The first-order chi connectivity index (χ1) is 11.8. The molecular weight excluding hydrogens is 325 g/mol. The van der Waals surface area contributed by atoms with Crippen molar-refractivity contribution in [2.45, 2.75) is 64.9 Å². The van der Waals surface area contributed by atoms with Gasteiger partial charge in [-0.05, 0) is 62.5 Å². The molecule has 1 aromatic rings. The fraction of sp³-hybridized carbons (Fsp3) is 0.619. The summed E-state index contributed by atoms with van der Waals surface area (Å²) in [5.41, 5.74) is 0.497. The summed E-state index contributed by atoms with van der Waals surface area (Å²) in [5, 5.41) is 0. The molecule has 0 amide bonds. The Hall–Kier alpha value is -1.45. The molecule has 138 valence electrons. The monoisotopic (exact) mass is 352 g/mol. The summed E-state index contributed by atoms with van der Waals surface area (Å²) in [6, 6.07) is 6.40. The Morgan fingerprint density at radius 2 is 1.60 bits per heavy atom. The number of benzene rings is 1. The number of halogens is 3. The smallest absolute Gasteiger partial charge is 0.425 e. The lowest BCUT2D eigenvalue weighted by Gasteiger charge is -2.36. The average molecular weight is 352 g/mol. The van der Waals surface area contributed by atoms with Gasteiger partial charge in [0.1, 0.15) is 11.6 Å². The largest absolute Gasteiger partial charge is 0.429 e. The third kappa shape index (κ3) is 4.39. The van der Waals surface area contributed by atoms with Crippen molar-refractivity contribution in [2.75, 3.05) is 0 Å². The zero-order chi connectivity index (χ0) is 18.0. The van der Waals surface area contributed by atoms with Crippen molar-refractivity contribution in [3.8, 4) is 5.75 Å². The molecule has 4 heteroatoms. The Labute approximate surface area is 148 Å². The van der Waals surface area contributed by atoms with E-state index in [9.17, 15) is 13.2 Å². The standard InChI is InChI=1S/C21H27F3O/c1-14-3-7-16(8-4-14)17-9-12-19(20(22)13-17)21(23,24)25-18-10-5-15(2)6-11-18/h5-6,10-11,14,16-17H,3-4,7-9,12-13H2,1-2H3. The molecule has 1 atom stereocenters. The lowest BCUT2D eigenvalue weighted by molar-refractivity contribution is -0.147. The molecule has 0 saturated heterocycles. The first-order valence-electron chi connectivity index (χ1n) is 9.36. The lowest BCUT2D eigenvalue weighted by atomic mass is 9.71. The number of aryl methyl sites for hydroxylation is 1. The second kappa shape index (κ2) is 7.43. The molecular formula is C21H27F3O. The minimum atomic E-state index is -3.58. The molecule has 1 saturated carbocycles. The molecule has 0 aromatic heterocycles. The molecule has 0 spiro atoms. The summed E-state index contributed by atoms with van der Waals surface area (Å²) in [7, 11) is 0. The summed E-state index contributed by atoms with van der Waals surface area (Å²) in [6.07, 6.45) is 1.83. The normalized spacial score (nSPS) is 28.1. The van der Waals surface area contributed by atoms with Gasteiger partial charge in [0, 0.05) is 6.42 Å². The number of alkyl halides is 2. The molecule has 0 aliphatic heterocycles. The van der Waals surface area contributed by atoms with Crippen LogP contribution in [0.3, 0.4) is 0 Å². The van der Waals surface area contributed by atoms with E-state index in [2.05, 4.69) is 6.92 Å². The Balaban J connectivity index is 1.67. The summed E-state index contributed by atoms with van der Waals surface area (Å²) in [4.78, 5) is 0. The van der Waals surface area contributed by atoms with Crippen LogP contribution in [0.25, 0.3) is 0 Å². The second-order valence-corrected chi connectivity index (χ2v) is 7.84. The third-order valence-electron chi connectivity index (χ3n) is 5.88. The van der Waals surface area contributed by atoms with E-state index in [0.717, 1.165) is 24.3 Å². The summed E-state index contributed by atoms with van der Waals surface area (Å²) >= 11 is 0. The molecule has 0 heterocycles. The number of hydrogen-bond donors (Lipinski definition) is 0. The van der Waals surface area contributed by atoms with Crippen LogP contribution >= 0.6 is 0 Å². The first kappa shape index (κ1) is 18.3. The summed E-state index contributed by atoms with van der Waals surface area (Å²) in [6.45, 7) is 4.12. The number of hydrogen-bond acceptors (Lipinski definition) is 1. The van der Waals surface area contributed by atoms with Gasteiger partial charge < -0.3 is 4.74 Å². The van der Waals surface area contributed by atoms with Crippen LogP contribution < -0.4 is 4.74 Å². The van der Waals surface area contributed by atoms with Gasteiger partial charge >= 0.3 is 6.11 Å². The second-order valence-electron chi connectivity index (χ2n) is 7.84. The molecule has 0 N–H and O–H groups in total. The van der Waals surface area contributed by atoms with E-state index in [4.69, 9.17) is 4.74 Å². The zero-order valence-electron chi connectivity index (χ0n) is 15.0. The van der Waals surface area contributed by atoms with Gasteiger partial charge in [-0.2, -0.15) is 8.78 Å². The number of rotatable bonds is 4. The van der Waals surface area contributed by atoms with Crippen molar-refractivity contribution in [3.05, 3.63) is 41.2 Å². The van der Waals surface area contributed by atoms with E-state index in [-0.39, 0.29) is 24.5 Å². The highest BCUT2D eigenvalue weighted by molar-refractivity contribution is 5.28. The minimum Gasteiger partial charge on any atom is -0.429 e. The van der Waals surface area contributed by atoms with Gasteiger partial charge in [0.25, 0.3) is 0 Å². The van der Waals surface area contributed by atoms with Crippen molar-refractivity contribution >= 4 is 0 Å². The fourth-order valence-electron chi connectivity index (χ4n) is 4.20. The Morgan fingerprint density at radius 1 is 0.960 bits per heavy atom. The molecule has 1 fully saturated rings. The van der Waals surface area contributed by atoms with Crippen molar-refractivity contribution < 1.29 is 17.9 Å². The molecule has 2 aliphatic carbocycles. The molecule has 25 heavy (non-hydrogen) atoms. The van der Waals surface area contributed by atoms with Crippen LogP contribution in [0.4, 0.5) is 13.2 Å². The predicted octanol–water partition coefficient (Wildman–Crippen LogP) is 6.82. The van der Waals surface area contributed by atoms with Crippen LogP contribution in [0.5, 0.6) is 5.75 Å². The van der Waals surface area contributed by atoms with Crippen LogP contribution in [-0.2, 0) is 0 Å². The van der Waals surface area contributed by atoms with Gasteiger partial charge in [0.2, 0.25) is 0 Å². The van der Waals surface area contributed by atoms with Crippen LogP contribution in [-0.4, -0.2) is 6.11 Å². The lowest BCUT2D eigenvalue weighted by Crippen LogP contribution is -2.32. The summed E-state index contributed by atoms with van der Waals surface area (Å²) < 4.78 is 48.2. The highest BCUT2D eigenvalue weighted by Gasteiger charge is 2.43. The molecule has 2 aliphatic rings. The van der Waals surface area contributed by atoms with Gasteiger partial charge in [-0.15, -0.1) is 0 Å². The van der Waals surface area contributed by atoms with E-state index < -0.39 is 17.5 Å². The van der Waals surface area contributed by atoms with Gasteiger partial charge in [-0.25, -0.2) is 4.39 Å². The quantitative estimate of drug-likeness (QED) is 0.578. The molecule has 1 nitrogen and oxygen atoms in total. The Bertz CT molecular complexity index is 613. The predicted molar refractivity (Wildman–Crippen MR) is 93.4 cm³/mol. The van der Waals surface area contributed by atoms with Gasteiger partial charge in [0.05, 0.1) is 5.57 Å². The molecule has 3 rings (SSSR count). The van der Waals surface area contributed by atoms with Crippen molar-refractivity contribution in [3.63, 3.8) is 0 Å². The van der Waals surface area contributed by atoms with Gasteiger partial charge in [0.15, 0.2) is 0 Å². The van der Waals surface area contributed by atoms with Gasteiger partial charge in [-0.3, -0.25) is 0 Å². The van der Waals surface area contributed by atoms with Crippen LogP contribution in [0.15, 0.2) is 35.7 Å². The van der Waals surface area contributed by atoms with Crippen LogP contribution in [0.2, 0.25) is 0 Å². The maximum Gasteiger partial charge on any atom is 0.425 e. The van der Waals surface area contributed by atoms with Crippen molar-refractivity contribution in [1.29, 1.82) is 0 Å². The van der Waals surface area contributed by atoms with E-state index >= 15 is 0 Å². The Kier molecular flexibility index (Phi) is 5.45. The first-order valence-corrected chi connectivity index (χ1v) is 9.36. The molecule has 0 radical (unpaired) electrons. The maximum absolute atomic E-state index is 14.5. The maximum atomic E-state index is 14.5. The van der Waals surface area contributed by atoms with Crippen LogP contribution in [0.1, 0.15) is 57.4 Å². The SMILES string of the molecule is Cc1ccc(OC(F)(F)C2=C(F)CC(C3CCC(C)CC3)CC2)cc1. The van der Waals surface area contributed by atoms with E-state index in [0.29, 0.717) is 12.3 Å².